The smallest absolute Gasteiger partial charge is 0.00182 e. The zero-order valence-corrected chi connectivity index (χ0v) is 9.51. The normalized spacial score (nSPS) is 30.4. The van der Waals surface area contributed by atoms with Gasteiger partial charge in [0, 0.05) is 0 Å². The molecule has 0 saturated heterocycles. The van der Waals surface area contributed by atoms with Crippen molar-refractivity contribution < 1.29 is 0 Å². The van der Waals surface area contributed by atoms with E-state index in [0.717, 1.165) is 5.92 Å². The van der Waals surface area contributed by atoms with E-state index in [4.69, 9.17) is 0 Å². The first-order chi connectivity index (χ1) is 6.73. The minimum atomic E-state index is 0.544. The van der Waals surface area contributed by atoms with Gasteiger partial charge in [0.2, 0.25) is 0 Å². The van der Waals surface area contributed by atoms with Crippen LogP contribution in [0.1, 0.15) is 44.2 Å². The summed E-state index contributed by atoms with van der Waals surface area (Å²) in [5, 5.41) is 0. The second-order valence-corrected chi connectivity index (χ2v) is 4.69. The zero-order chi connectivity index (χ0) is 10.2. The molecule has 0 heteroatoms. The highest BCUT2D eigenvalue weighted by molar-refractivity contribution is 5.35. The molecule has 0 bridgehead atoms. The Morgan fingerprint density at radius 2 is 1.86 bits per heavy atom. The highest BCUT2D eigenvalue weighted by Crippen LogP contribution is 2.58. The molecule has 0 aliphatic heterocycles. The predicted molar refractivity (Wildman–Crippen MR) is 61.5 cm³/mol. The van der Waals surface area contributed by atoms with E-state index in [0.29, 0.717) is 5.41 Å². The zero-order valence-electron chi connectivity index (χ0n) is 9.51. The van der Waals surface area contributed by atoms with E-state index in [1.165, 1.54) is 24.8 Å². The fourth-order valence-corrected chi connectivity index (χ4v) is 2.79. The van der Waals surface area contributed by atoms with Crippen LogP contribution < -0.4 is 0 Å². The molecule has 14 heavy (non-hydrogen) atoms. The van der Waals surface area contributed by atoms with Crippen LogP contribution in [0.3, 0.4) is 0 Å². The average molecular weight is 188 g/mol. The Morgan fingerprint density at radius 1 is 1.21 bits per heavy atom. The lowest BCUT2D eigenvalue weighted by atomic mass is 9.89. The molecule has 0 radical (unpaired) electrons. The van der Waals surface area contributed by atoms with Crippen LogP contribution in [0, 0.1) is 12.8 Å². The molecule has 1 aromatic carbocycles. The molecule has 0 unspecified atom stereocenters. The summed E-state index contributed by atoms with van der Waals surface area (Å²) in [6, 6.07) is 9.15. The van der Waals surface area contributed by atoms with Gasteiger partial charge < -0.3 is 0 Å². The van der Waals surface area contributed by atoms with Crippen LogP contribution in [0.15, 0.2) is 24.3 Å². The van der Waals surface area contributed by atoms with Gasteiger partial charge in [0.05, 0.1) is 0 Å². The van der Waals surface area contributed by atoms with E-state index >= 15 is 0 Å². The van der Waals surface area contributed by atoms with Gasteiger partial charge in [-0.2, -0.15) is 0 Å². The van der Waals surface area contributed by atoms with Crippen molar-refractivity contribution in [1.29, 1.82) is 0 Å². The highest BCUT2D eigenvalue weighted by atomic mass is 14.6. The van der Waals surface area contributed by atoms with Gasteiger partial charge in [-0.05, 0) is 36.7 Å². The maximum atomic E-state index is 2.33. The van der Waals surface area contributed by atoms with Gasteiger partial charge in [-0.15, -0.1) is 0 Å². The van der Waals surface area contributed by atoms with Crippen molar-refractivity contribution in [2.45, 2.75) is 45.4 Å². The molecule has 1 aromatic rings. The summed E-state index contributed by atoms with van der Waals surface area (Å²) in [5.41, 5.74) is 3.48. The number of rotatable bonds is 3. The highest BCUT2D eigenvalue weighted by Gasteiger charge is 2.51. The summed E-state index contributed by atoms with van der Waals surface area (Å²) < 4.78 is 0. The van der Waals surface area contributed by atoms with Crippen molar-refractivity contribution in [3.05, 3.63) is 35.4 Å². The van der Waals surface area contributed by atoms with Gasteiger partial charge in [0.1, 0.15) is 0 Å². The van der Waals surface area contributed by atoms with Gasteiger partial charge in [-0.3, -0.25) is 0 Å². The van der Waals surface area contributed by atoms with Crippen LogP contribution in [-0.4, -0.2) is 0 Å². The Labute approximate surface area is 87.3 Å². The fraction of sp³-hybridized carbons (Fsp3) is 0.571. The summed E-state index contributed by atoms with van der Waals surface area (Å²) in [6.45, 7) is 6.80. The molecular weight excluding hydrogens is 168 g/mol. The number of hydrogen-bond donors (Lipinski definition) is 0. The lowest BCUT2D eigenvalue weighted by Crippen LogP contribution is -2.08. The van der Waals surface area contributed by atoms with Crippen LogP contribution in [-0.2, 0) is 5.41 Å². The molecule has 0 heterocycles. The number of hydrogen-bond acceptors (Lipinski definition) is 0. The number of benzene rings is 1. The Bertz CT molecular complexity index is 309. The molecule has 1 fully saturated rings. The molecule has 0 nitrogen and oxygen atoms in total. The molecule has 0 spiro atoms. The quantitative estimate of drug-likeness (QED) is 0.670. The predicted octanol–water partition coefficient (Wildman–Crippen LogP) is 4.07. The monoisotopic (exact) mass is 188 g/mol. The summed E-state index contributed by atoms with van der Waals surface area (Å²) in [4.78, 5) is 0. The molecule has 0 N–H and O–H groups in total. The maximum absolute atomic E-state index is 2.33. The minimum Gasteiger partial charge on any atom is -0.0651 e. The van der Waals surface area contributed by atoms with E-state index < -0.39 is 0 Å². The molecule has 2 atom stereocenters. The number of aryl methyl sites for hydroxylation is 1. The van der Waals surface area contributed by atoms with Crippen molar-refractivity contribution in [2.24, 2.45) is 5.92 Å². The van der Waals surface area contributed by atoms with Crippen LogP contribution in [0.4, 0.5) is 0 Å². The van der Waals surface area contributed by atoms with Crippen molar-refractivity contribution >= 4 is 0 Å². The van der Waals surface area contributed by atoms with Gasteiger partial charge >= 0.3 is 0 Å². The molecule has 1 aliphatic rings. The van der Waals surface area contributed by atoms with Gasteiger partial charge in [-0.1, -0.05) is 50.1 Å². The Morgan fingerprint density at radius 3 is 2.29 bits per heavy atom. The van der Waals surface area contributed by atoms with Gasteiger partial charge in [0.25, 0.3) is 0 Å². The molecule has 0 amide bonds. The summed E-state index contributed by atoms with van der Waals surface area (Å²) in [6.07, 6.45) is 4.04. The molecule has 1 saturated carbocycles. The van der Waals surface area contributed by atoms with Gasteiger partial charge in [0.15, 0.2) is 0 Å². The van der Waals surface area contributed by atoms with Crippen LogP contribution in [0.25, 0.3) is 0 Å². The van der Waals surface area contributed by atoms with E-state index in [-0.39, 0.29) is 0 Å². The second kappa shape index (κ2) is 3.42. The molecule has 0 aromatic heterocycles. The molecule has 2 rings (SSSR count). The Balaban J connectivity index is 2.26. The lowest BCUT2D eigenvalue weighted by Gasteiger charge is -2.15. The minimum absolute atomic E-state index is 0.544. The van der Waals surface area contributed by atoms with Gasteiger partial charge in [-0.25, -0.2) is 0 Å². The average Bonchev–Trinajstić information content (AvgIpc) is 2.94. The third-order valence-corrected chi connectivity index (χ3v) is 3.98. The fourth-order valence-electron chi connectivity index (χ4n) is 2.79. The van der Waals surface area contributed by atoms with Crippen molar-refractivity contribution in [2.75, 3.05) is 0 Å². The third-order valence-electron chi connectivity index (χ3n) is 3.98. The van der Waals surface area contributed by atoms with Crippen molar-refractivity contribution in [1.82, 2.24) is 0 Å². The van der Waals surface area contributed by atoms with E-state index in [1.54, 1.807) is 5.56 Å². The van der Waals surface area contributed by atoms with E-state index in [9.17, 15) is 0 Å². The summed E-state index contributed by atoms with van der Waals surface area (Å²) in [7, 11) is 0. The topological polar surface area (TPSA) is 0 Å². The second-order valence-electron chi connectivity index (χ2n) is 4.69. The van der Waals surface area contributed by atoms with E-state index in [1.807, 2.05) is 0 Å². The molecule has 1 aliphatic carbocycles. The van der Waals surface area contributed by atoms with Crippen LogP contribution in [0.5, 0.6) is 0 Å². The third kappa shape index (κ3) is 1.37. The molecular formula is C14H20. The summed E-state index contributed by atoms with van der Waals surface area (Å²) in [5.74, 6) is 0.940. The Hall–Kier alpha value is -0.780. The maximum Gasteiger partial charge on any atom is -0.00182 e. The SMILES string of the molecule is CC[C@H]1C[C@]1(CC)c1ccc(C)cc1. The standard InChI is InChI=1S/C14H20/c1-4-12-10-14(12,5-2)13-8-6-11(3)7-9-13/h6-9,12H,4-5,10H2,1-3H3/t12-,14-/m0/s1. The van der Waals surface area contributed by atoms with Crippen LogP contribution in [0.2, 0.25) is 0 Å². The first-order valence-electron chi connectivity index (χ1n) is 5.80. The van der Waals surface area contributed by atoms with Crippen molar-refractivity contribution in [3.8, 4) is 0 Å². The van der Waals surface area contributed by atoms with E-state index in [2.05, 4.69) is 45.0 Å². The first kappa shape index (κ1) is 9.76. The lowest BCUT2D eigenvalue weighted by molar-refractivity contribution is 0.572. The van der Waals surface area contributed by atoms with Crippen molar-refractivity contribution in [3.63, 3.8) is 0 Å². The van der Waals surface area contributed by atoms with Crippen LogP contribution >= 0.6 is 0 Å². The Kier molecular flexibility index (Phi) is 2.38. The first-order valence-corrected chi connectivity index (χ1v) is 5.80. The summed E-state index contributed by atoms with van der Waals surface area (Å²) >= 11 is 0. The molecule has 76 valence electrons. The largest absolute Gasteiger partial charge is 0.0651 e.